The van der Waals surface area contributed by atoms with Gasteiger partial charge in [-0.3, -0.25) is 9.59 Å². The Morgan fingerprint density at radius 3 is 2.22 bits per heavy atom. The molecule has 0 atom stereocenters. The Hall–Kier alpha value is -4.06. The molecule has 1 aromatic heterocycles. The van der Waals surface area contributed by atoms with Crippen molar-refractivity contribution in [3.05, 3.63) is 100 Å². The van der Waals surface area contributed by atoms with Gasteiger partial charge in [0, 0.05) is 11.9 Å². The number of hydrazone groups is 1. The van der Waals surface area contributed by atoms with E-state index in [1.165, 1.54) is 4.68 Å². The molecule has 32 heavy (non-hydrogen) atoms. The Labute approximate surface area is 186 Å². The van der Waals surface area contributed by atoms with E-state index in [9.17, 15) is 9.59 Å². The van der Waals surface area contributed by atoms with Crippen LogP contribution in [-0.2, 0) is 6.54 Å². The van der Waals surface area contributed by atoms with Crippen molar-refractivity contribution in [2.75, 3.05) is 0 Å². The van der Waals surface area contributed by atoms with Crippen LogP contribution in [0.15, 0.2) is 88.8 Å². The highest BCUT2D eigenvalue weighted by atomic mass is 16.2. The predicted molar refractivity (Wildman–Crippen MR) is 128 cm³/mol. The molecule has 160 valence electrons. The van der Waals surface area contributed by atoms with E-state index in [1.54, 1.807) is 24.3 Å². The van der Waals surface area contributed by atoms with Crippen LogP contribution in [0.4, 0.5) is 0 Å². The van der Waals surface area contributed by atoms with Crippen molar-refractivity contribution in [1.82, 2.24) is 15.2 Å². The highest BCUT2D eigenvalue weighted by Crippen LogP contribution is 2.19. The van der Waals surface area contributed by atoms with Gasteiger partial charge in [-0.1, -0.05) is 79.7 Å². The van der Waals surface area contributed by atoms with Gasteiger partial charge in [-0.25, -0.2) is 10.1 Å². The fourth-order valence-corrected chi connectivity index (χ4v) is 3.55. The second kappa shape index (κ2) is 9.39. The summed E-state index contributed by atoms with van der Waals surface area (Å²) >= 11 is 0. The van der Waals surface area contributed by atoms with Crippen LogP contribution < -0.4 is 11.0 Å². The molecule has 6 heteroatoms. The first-order valence-corrected chi connectivity index (χ1v) is 10.6. The molecule has 0 saturated carbocycles. The maximum absolute atomic E-state index is 12.9. The summed E-state index contributed by atoms with van der Waals surface area (Å²) in [5.41, 5.74) is 6.41. The van der Waals surface area contributed by atoms with Gasteiger partial charge in [0.15, 0.2) is 5.69 Å². The van der Waals surface area contributed by atoms with Crippen molar-refractivity contribution in [3.8, 4) is 11.1 Å². The number of amides is 1. The highest BCUT2D eigenvalue weighted by molar-refractivity contribution is 6.06. The van der Waals surface area contributed by atoms with Gasteiger partial charge in [-0.15, -0.1) is 0 Å². The summed E-state index contributed by atoms with van der Waals surface area (Å²) in [5.74, 6) is -0.452. The van der Waals surface area contributed by atoms with E-state index in [0.717, 1.165) is 23.1 Å². The molecule has 0 radical (unpaired) electrons. The van der Waals surface area contributed by atoms with Gasteiger partial charge in [-0.05, 0) is 36.1 Å². The molecule has 1 heterocycles. The third-order valence-corrected chi connectivity index (χ3v) is 5.25. The second-order valence-corrected chi connectivity index (χ2v) is 7.50. The predicted octanol–water partition coefficient (Wildman–Crippen LogP) is 4.63. The molecule has 1 N–H and O–H groups in total. The monoisotopic (exact) mass is 424 g/mol. The Balaban J connectivity index is 1.58. The number of carbonyl (C=O) groups is 1. The quantitative estimate of drug-likeness (QED) is 0.362. The lowest BCUT2D eigenvalue weighted by Gasteiger charge is -2.10. The number of aromatic nitrogens is 2. The third-order valence-electron chi connectivity index (χ3n) is 5.25. The molecule has 4 aromatic rings. The number of hydrogen-bond donors (Lipinski definition) is 1. The fourth-order valence-electron chi connectivity index (χ4n) is 3.55. The first kappa shape index (κ1) is 21.2. The zero-order chi connectivity index (χ0) is 22.5. The molecule has 0 aliphatic rings. The van der Waals surface area contributed by atoms with Crippen LogP contribution in [0, 0.1) is 0 Å². The minimum Gasteiger partial charge on any atom is -0.267 e. The molecule has 4 rings (SSSR count). The molecular weight excluding hydrogens is 400 g/mol. The molecular formula is C26H24N4O2. The zero-order valence-corrected chi connectivity index (χ0v) is 18.1. The van der Waals surface area contributed by atoms with Crippen LogP contribution in [0.3, 0.4) is 0 Å². The SMILES string of the molecule is CCCn1nc(C(=O)N/N=C(\C)c2ccc(-c3ccccc3)cc2)c2ccccc2c1=O. The Morgan fingerprint density at radius 1 is 0.906 bits per heavy atom. The van der Waals surface area contributed by atoms with E-state index in [-0.39, 0.29) is 11.3 Å². The van der Waals surface area contributed by atoms with Gasteiger partial charge >= 0.3 is 0 Å². The summed E-state index contributed by atoms with van der Waals surface area (Å²) in [7, 11) is 0. The Morgan fingerprint density at radius 2 is 1.53 bits per heavy atom. The zero-order valence-electron chi connectivity index (χ0n) is 18.1. The standard InChI is InChI=1S/C26H24N4O2/c1-3-17-30-26(32)23-12-8-7-11-22(23)24(29-30)25(31)28-27-18(2)19-13-15-21(16-14-19)20-9-5-4-6-10-20/h4-16H,3,17H2,1-2H3,(H,28,31)/b27-18+. The number of fused-ring (bicyclic) bond motifs is 1. The van der Waals surface area contributed by atoms with Gasteiger partial charge in [0.1, 0.15) is 0 Å². The van der Waals surface area contributed by atoms with Crippen molar-refractivity contribution in [1.29, 1.82) is 0 Å². The lowest BCUT2D eigenvalue weighted by atomic mass is 10.0. The number of carbonyl (C=O) groups excluding carboxylic acids is 1. The Kier molecular flexibility index (Phi) is 6.22. The van der Waals surface area contributed by atoms with Crippen molar-refractivity contribution in [2.24, 2.45) is 5.10 Å². The molecule has 0 unspecified atom stereocenters. The van der Waals surface area contributed by atoms with E-state index < -0.39 is 5.91 Å². The lowest BCUT2D eigenvalue weighted by Crippen LogP contribution is -2.29. The van der Waals surface area contributed by atoms with Crippen LogP contribution in [0.25, 0.3) is 21.9 Å². The summed E-state index contributed by atoms with van der Waals surface area (Å²) in [6, 6.07) is 25.1. The lowest BCUT2D eigenvalue weighted by molar-refractivity contribution is 0.0949. The maximum atomic E-state index is 12.9. The molecule has 3 aromatic carbocycles. The van der Waals surface area contributed by atoms with Crippen molar-refractivity contribution in [2.45, 2.75) is 26.8 Å². The highest BCUT2D eigenvalue weighted by Gasteiger charge is 2.16. The normalized spacial score (nSPS) is 11.5. The van der Waals surface area contributed by atoms with E-state index in [0.29, 0.717) is 23.0 Å². The summed E-state index contributed by atoms with van der Waals surface area (Å²) in [6.07, 6.45) is 0.739. The smallest absolute Gasteiger partial charge is 0.267 e. The van der Waals surface area contributed by atoms with Gasteiger partial charge in [0.05, 0.1) is 11.1 Å². The number of hydrogen-bond acceptors (Lipinski definition) is 4. The average Bonchev–Trinajstić information content (AvgIpc) is 2.85. The molecule has 0 aliphatic carbocycles. The fraction of sp³-hybridized carbons (Fsp3) is 0.154. The summed E-state index contributed by atoms with van der Waals surface area (Å²) in [5, 5.41) is 9.56. The van der Waals surface area contributed by atoms with Crippen LogP contribution >= 0.6 is 0 Å². The second-order valence-electron chi connectivity index (χ2n) is 7.50. The summed E-state index contributed by atoms with van der Waals surface area (Å²) in [4.78, 5) is 25.5. The Bertz CT molecular complexity index is 1340. The number of rotatable bonds is 6. The van der Waals surface area contributed by atoms with Crippen molar-refractivity contribution < 1.29 is 4.79 Å². The van der Waals surface area contributed by atoms with Crippen molar-refractivity contribution in [3.63, 3.8) is 0 Å². The van der Waals surface area contributed by atoms with Crippen LogP contribution in [0.1, 0.15) is 36.3 Å². The van der Waals surface area contributed by atoms with Crippen LogP contribution in [0.2, 0.25) is 0 Å². The van der Waals surface area contributed by atoms with Gasteiger partial charge in [0.25, 0.3) is 11.5 Å². The van der Waals surface area contributed by atoms with E-state index in [1.807, 2.05) is 56.3 Å². The molecule has 0 aliphatic heterocycles. The molecule has 0 fully saturated rings. The maximum Gasteiger partial charge on any atom is 0.292 e. The molecule has 0 spiro atoms. The number of benzene rings is 3. The van der Waals surface area contributed by atoms with Crippen LogP contribution in [0.5, 0.6) is 0 Å². The first-order chi connectivity index (χ1) is 15.6. The average molecular weight is 425 g/mol. The largest absolute Gasteiger partial charge is 0.292 e. The molecule has 6 nitrogen and oxygen atoms in total. The number of nitrogens with zero attached hydrogens (tertiary/aromatic N) is 3. The molecule has 0 saturated heterocycles. The van der Waals surface area contributed by atoms with E-state index >= 15 is 0 Å². The molecule has 1 amide bonds. The van der Waals surface area contributed by atoms with Gasteiger partial charge in [-0.2, -0.15) is 10.2 Å². The van der Waals surface area contributed by atoms with E-state index in [2.05, 4.69) is 27.8 Å². The van der Waals surface area contributed by atoms with Crippen molar-refractivity contribution >= 4 is 22.4 Å². The molecule has 0 bridgehead atoms. The van der Waals surface area contributed by atoms with Gasteiger partial charge in [0.2, 0.25) is 0 Å². The summed E-state index contributed by atoms with van der Waals surface area (Å²) < 4.78 is 1.34. The van der Waals surface area contributed by atoms with Crippen LogP contribution in [-0.4, -0.2) is 21.4 Å². The van der Waals surface area contributed by atoms with E-state index in [4.69, 9.17) is 0 Å². The minimum atomic E-state index is -0.452. The summed E-state index contributed by atoms with van der Waals surface area (Å²) in [6.45, 7) is 4.24. The first-order valence-electron chi connectivity index (χ1n) is 10.6. The van der Waals surface area contributed by atoms with Gasteiger partial charge < -0.3 is 0 Å². The number of aryl methyl sites for hydroxylation is 1. The topological polar surface area (TPSA) is 76.3 Å². The third kappa shape index (κ3) is 4.34. The number of nitrogens with one attached hydrogen (secondary N) is 1. The minimum absolute atomic E-state index is 0.185.